The van der Waals surface area contributed by atoms with Crippen LogP contribution >= 0.6 is 0 Å². The van der Waals surface area contributed by atoms with Gasteiger partial charge in [0.2, 0.25) is 0 Å². The summed E-state index contributed by atoms with van der Waals surface area (Å²) in [6.07, 6.45) is 7.19. The normalized spacial score (nSPS) is 13.2. The summed E-state index contributed by atoms with van der Waals surface area (Å²) >= 11 is 0. The van der Waals surface area contributed by atoms with Crippen LogP contribution in [0.15, 0.2) is 48.0 Å². The molecule has 1 aliphatic carbocycles. The lowest BCUT2D eigenvalue weighted by atomic mass is 9.96. The maximum Gasteiger partial charge on any atom is -0.00604 e. The minimum Gasteiger partial charge on any atom is -0.0683 e. The molecule has 0 saturated carbocycles. The van der Waals surface area contributed by atoms with Crippen molar-refractivity contribution in [3.05, 3.63) is 64.7 Å². The van der Waals surface area contributed by atoms with Crippen molar-refractivity contribution >= 4 is 6.08 Å². The van der Waals surface area contributed by atoms with E-state index in [9.17, 15) is 0 Å². The van der Waals surface area contributed by atoms with E-state index in [1.54, 1.807) is 0 Å². The van der Waals surface area contributed by atoms with Gasteiger partial charge in [-0.15, -0.1) is 0 Å². The van der Waals surface area contributed by atoms with E-state index in [1.807, 2.05) is 0 Å². The topological polar surface area (TPSA) is 0 Å². The molecule has 0 aliphatic heterocycles. The summed E-state index contributed by atoms with van der Waals surface area (Å²) in [5, 5.41) is 0. The number of fused-ring (bicyclic) bond motifs is 1. The van der Waals surface area contributed by atoms with Gasteiger partial charge >= 0.3 is 0 Å². The molecule has 20 heavy (non-hydrogen) atoms. The van der Waals surface area contributed by atoms with E-state index in [0.717, 1.165) is 6.42 Å². The first-order valence-corrected chi connectivity index (χ1v) is 7.66. The van der Waals surface area contributed by atoms with Crippen LogP contribution in [0.2, 0.25) is 0 Å². The molecule has 0 nitrogen and oxygen atoms in total. The Kier molecular flexibility index (Phi) is 3.73. The van der Waals surface area contributed by atoms with E-state index >= 15 is 0 Å². The Morgan fingerprint density at radius 2 is 1.80 bits per heavy atom. The zero-order valence-electron chi connectivity index (χ0n) is 12.4. The van der Waals surface area contributed by atoms with Crippen molar-refractivity contribution in [2.24, 2.45) is 0 Å². The second-order valence-electron chi connectivity index (χ2n) is 5.85. The maximum absolute atomic E-state index is 2.34. The van der Waals surface area contributed by atoms with Gasteiger partial charge in [0.25, 0.3) is 0 Å². The number of aryl methyl sites for hydroxylation is 1. The second-order valence-corrected chi connectivity index (χ2v) is 5.85. The van der Waals surface area contributed by atoms with Crippen LogP contribution in [0.3, 0.4) is 0 Å². The fourth-order valence-corrected chi connectivity index (χ4v) is 3.02. The van der Waals surface area contributed by atoms with Gasteiger partial charge in [-0.25, -0.2) is 0 Å². The number of hydrogen-bond acceptors (Lipinski definition) is 0. The van der Waals surface area contributed by atoms with Crippen molar-refractivity contribution in [3.63, 3.8) is 0 Å². The van der Waals surface area contributed by atoms with Crippen molar-refractivity contribution in [2.45, 2.75) is 39.5 Å². The first-order chi connectivity index (χ1) is 9.78. The average Bonchev–Trinajstić information content (AvgIpc) is 2.85. The minimum absolute atomic E-state index is 1.11. The Morgan fingerprint density at radius 3 is 2.55 bits per heavy atom. The van der Waals surface area contributed by atoms with Crippen LogP contribution in [0.25, 0.3) is 17.2 Å². The summed E-state index contributed by atoms with van der Waals surface area (Å²) in [6, 6.07) is 15.8. The quantitative estimate of drug-likeness (QED) is 0.667. The van der Waals surface area contributed by atoms with Gasteiger partial charge in [-0.2, -0.15) is 0 Å². The van der Waals surface area contributed by atoms with Gasteiger partial charge in [0.15, 0.2) is 0 Å². The van der Waals surface area contributed by atoms with Crippen molar-refractivity contribution in [3.8, 4) is 11.1 Å². The van der Waals surface area contributed by atoms with Gasteiger partial charge < -0.3 is 0 Å². The summed E-state index contributed by atoms with van der Waals surface area (Å²) in [6.45, 7) is 4.47. The first-order valence-electron chi connectivity index (χ1n) is 7.66. The lowest BCUT2D eigenvalue weighted by molar-refractivity contribution is 0.795. The molecule has 0 saturated heterocycles. The maximum atomic E-state index is 2.34. The van der Waals surface area contributed by atoms with Gasteiger partial charge in [0, 0.05) is 0 Å². The van der Waals surface area contributed by atoms with Crippen LogP contribution in [0.5, 0.6) is 0 Å². The smallest absolute Gasteiger partial charge is 0.00604 e. The molecule has 0 spiro atoms. The van der Waals surface area contributed by atoms with Crippen LogP contribution in [0.1, 0.15) is 43.4 Å². The molecular weight excluding hydrogens is 240 g/mol. The number of hydrogen-bond donors (Lipinski definition) is 0. The molecule has 0 unspecified atom stereocenters. The van der Waals surface area contributed by atoms with E-state index in [1.165, 1.54) is 52.7 Å². The zero-order chi connectivity index (χ0) is 13.9. The molecule has 0 heteroatoms. The van der Waals surface area contributed by atoms with E-state index in [-0.39, 0.29) is 0 Å². The highest BCUT2D eigenvalue weighted by atomic mass is 14.2. The Bertz CT molecular complexity index is 630. The molecule has 1 aliphatic rings. The zero-order valence-corrected chi connectivity index (χ0v) is 12.4. The predicted octanol–water partition coefficient (Wildman–Crippen LogP) is 5.66. The average molecular weight is 262 g/mol. The summed E-state index contributed by atoms with van der Waals surface area (Å²) in [7, 11) is 0. The van der Waals surface area contributed by atoms with Crippen LogP contribution in [-0.4, -0.2) is 0 Å². The summed E-state index contributed by atoms with van der Waals surface area (Å²) in [5.74, 6) is 0. The Morgan fingerprint density at radius 1 is 1.00 bits per heavy atom. The molecule has 0 atom stereocenters. The van der Waals surface area contributed by atoms with E-state index in [0.29, 0.717) is 0 Å². The lowest BCUT2D eigenvalue weighted by Gasteiger charge is -2.09. The van der Waals surface area contributed by atoms with Crippen LogP contribution in [0, 0.1) is 0 Å². The fraction of sp³-hybridized carbons (Fsp3) is 0.300. The van der Waals surface area contributed by atoms with Crippen molar-refractivity contribution in [1.82, 2.24) is 0 Å². The third-order valence-corrected chi connectivity index (χ3v) is 4.14. The summed E-state index contributed by atoms with van der Waals surface area (Å²) in [5.41, 5.74) is 8.53. The molecule has 0 aromatic heterocycles. The van der Waals surface area contributed by atoms with E-state index < -0.39 is 0 Å². The molecular formula is C20H22. The highest BCUT2D eigenvalue weighted by molar-refractivity contribution is 5.80. The van der Waals surface area contributed by atoms with Gasteiger partial charge in [0.1, 0.15) is 0 Å². The van der Waals surface area contributed by atoms with Gasteiger partial charge in [0.05, 0.1) is 0 Å². The lowest BCUT2D eigenvalue weighted by Crippen LogP contribution is -1.89. The van der Waals surface area contributed by atoms with Gasteiger partial charge in [-0.3, -0.25) is 0 Å². The van der Waals surface area contributed by atoms with Gasteiger partial charge in [-0.1, -0.05) is 67.5 Å². The van der Waals surface area contributed by atoms with Crippen molar-refractivity contribution in [1.29, 1.82) is 0 Å². The largest absolute Gasteiger partial charge is 0.0683 e. The van der Waals surface area contributed by atoms with Gasteiger partial charge in [-0.05, 0) is 54.0 Å². The Hall–Kier alpha value is -1.82. The third kappa shape index (κ3) is 2.56. The molecule has 3 rings (SSSR count). The van der Waals surface area contributed by atoms with Crippen LogP contribution in [0.4, 0.5) is 0 Å². The highest BCUT2D eigenvalue weighted by Crippen LogP contribution is 2.33. The highest BCUT2D eigenvalue weighted by Gasteiger charge is 2.13. The molecule has 0 bridgehead atoms. The Balaban J connectivity index is 1.92. The minimum atomic E-state index is 1.11. The van der Waals surface area contributed by atoms with E-state index in [4.69, 9.17) is 0 Å². The molecule has 0 radical (unpaired) electrons. The monoisotopic (exact) mass is 262 g/mol. The number of allylic oxidation sites excluding steroid dienone is 1. The fourth-order valence-electron chi connectivity index (χ4n) is 3.02. The molecule has 0 N–H and O–H groups in total. The molecule has 102 valence electrons. The molecule has 2 aromatic carbocycles. The molecule has 0 amide bonds. The first kappa shape index (κ1) is 13.2. The number of benzene rings is 2. The van der Waals surface area contributed by atoms with Crippen LogP contribution in [-0.2, 0) is 12.8 Å². The van der Waals surface area contributed by atoms with E-state index in [2.05, 4.69) is 62.4 Å². The standard InChI is InChI=1S/C20H22/c1-3-4-6-16-9-11-17(12-10-16)19-8-5-7-18-13-15(2)14-20(18)19/h5,7-12,14H,3-4,6,13H2,1-2H3. The van der Waals surface area contributed by atoms with Crippen LogP contribution < -0.4 is 0 Å². The van der Waals surface area contributed by atoms with Crippen molar-refractivity contribution < 1.29 is 0 Å². The van der Waals surface area contributed by atoms with Crippen molar-refractivity contribution in [2.75, 3.05) is 0 Å². The third-order valence-electron chi connectivity index (χ3n) is 4.14. The Labute approximate surface area is 122 Å². The summed E-state index contributed by atoms with van der Waals surface area (Å²) in [4.78, 5) is 0. The number of rotatable bonds is 4. The summed E-state index contributed by atoms with van der Waals surface area (Å²) < 4.78 is 0. The predicted molar refractivity (Wildman–Crippen MR) is 87.8 cm³/mol. The molecule has 2 aromatic rings. The number of unbranched alkanes of at least 4 members (excludes halogenated alkanes) is 1. The SMILES string of the molecule is CCCCc1ccc(-c2cccc3c2C=C(C)C3)cc1. The molecule has 0 fully saturated rings. The molecule has 0 heterocycles. The second kappa shape index (κ2) is 5.66.